The molecule has 1 aliphatic rings. The Morgan fingerprint density at radius 1 is 1.56 bits per heavy atom. The van der Waals surface area contributed by atoms with Gasteiger partial charge in [-0.15, -0.1) is 0 Å². The summed E-state index contributed by atoms with van der Waals surface area (Å²) in [5, 5.41) is 8.95. The number of ether oxygens (including phenoxy) is 1. The van der Waals surface area contributed by atoms with Crippen molar-refractivity contribution in [2.45, 2.75) is 20.3 Å². The molecule has 6 heteroatoms. The smallest absolute Gasteiger partial charge is 0.326 e. The maximum absolute atomic E-state index is 11.5. The highest BCUT2D eigenvalue weighted by molar-refractivity contribution is 7.91. The normalized spacial score (nSPS) is 28.2. The Bertz CT molecular complexity index is 423. The Kier molecular flexibility index (Phi) is 3.58. The zero-order chi connectivity index (χ0) is 12.4. The summed E-state index contributed by atoms with van der Waals surface area (Å²) in [6.07, 6.45) is 0.293. The third kappa shape index (κ3) is 2.35. The third-order valence-electron chi connectivity index (χ3n) is 2.84. The van der Waals surface area contributed by atoms with E-state index in [-0.39, 0.29) is 18.1 Å². The number of rotatable bonds is 5. The highest BCUT2D eigenvalue weighted by Gasteiger charge is 2.63. The standard InChI is InChI=1S/C10H15NO4S/c1-3-15-9(12)10(7-11)5-8(10)6-16(13,14)4-2/h8H,3-6H2,1-2H3/t8-,10+/m0/s1. The fraction of sp³-hybridized carbons (Fsp3) is 0.800. The molecule has 16 heavy (non-hydrogen) atoms. The Balaban J connectivity index is 2.71. The molecule has 1 saturated carbocycles. The van der Waals surface area contributed by atoms with Crippen LogP contribution in [0, 0.1) is 22.7 Å². The molecular weight excluding hydrogens is 230 g/mol. The van der Waals surface area contributed by atoms with Crippen LogP contribution in [0.15, 0.2) is 0 Å². The van der Waals surface area contributed by atoms with Gasteiger partial charge in [-0.1, -0.05) is 6.92 Å². The number of sulfone groups is 1. The molecule has 0 bridgehead atoms. The zero-order valence-electron chi connectivity index (χ0n) is 9.39. The summed E-state index contributed by atoms with van der Waals surface area (Å²) in [5.74, 6) is -1.06. The van der Waals surface area contributed by atoms with Gasteiger partial charge in [0.15, 0.2) is 5.41 Å². The molecule has 0 aromatic rings. The second-order valence-electron chi connectivity index (χ2n) is 3.90. The molecule has 0 unspecified atom stereocenters. The maximum Gasteiger partial charge on any atom is 0.326 e. The predicted octanol–water partition coefficient (Wildman–Crippen LogP) is 0.514. The molecule has 5 nitrogen and oxygen atoms in total. The fourth-order valence-electron chi connectivity index (χ4n) is 1.65. The van der Waals surface area contributed by atoms with Crippen molar-refractivity contribution in [3.63, 3.8) is 0 Å². The number of nitriles is 1. The van der Waals surface area contributed by atoms with Gasteiger partial charge in [-0.3, -0.25) is 4.79 Å². The van der Waals surface area contributed by atoms with Crippen LogP contribution in [-0.2, 0) is 19.4 Å². The van der Waals surface area contributed by atoms with Gasteiger partial charge in [0.2, 0.25) is 0 Å². The Morgan fingerprint density at radius 2 is 2.19 bits per heavy atom. The highest BCUT2D eigenvalue weighted by Crippen LogP contribution is 2.53. The van der Waals surface area contributed by atoms with Crippen molar-refractivity contribution < 1.29 is 17.9 Å². The first-order valence-corrected chi connectivity index (χ1v) is 7.03. The number of carbonyl (C=O) groups excluding carboxylic acids is 1. The van der Waals surface area contributed by atoms with Crippen molar-refractivity contribution in [3.8, 4) is 6.07 Å². The lowest BCUT2D eigenvalue weighted by atomic mass is 10.1. The molecule has 0 spiro atoms. The molecule has 0 saturated heterocycles. The Hall–Kier alpha value is -1.09. The van der Waals surface area contributed by atoms with Gasteiger partial charge in [-0.25, -0.2) is 8.42 Å². The van der Waals surface area contributed by atoms with Crippen molar-refractivity contribution in [3.05, 3.63) is 0 Å². The highest BCUT2D eigenvalue weighted by atomic mass is 32.2. The van der Waals surface area contributed by atoms with Gasteiger partial charge in [0, 0.05) is 11.7 Å². The second-order valence-corrected chi connectivity index (χ2v) is 6.30. The van der Waals surface area contributed by atoms with E-state index in [4.69, 9.17) is 10.00 Å². The molecule has 0 aromatic heterocycles. The van der Waals surface area contributed by atoms with Crippen LogP contribution in [0.1, 0.15) is 20.3 Å². The van der Waals surface area contributed by atoms with Gasteiger partial charge < -0.3 is 4.74 Å². The minimum atomic E-state index is -3.14. The summed E-state index contributed by atoms with van der Waals surface area (Å²) in [6, 6.07) is 1.89. The molecule has 0 amide bonds. The number of hydrogen-bond acceptors (Lipinski definition) is 5. The molecular formula is C10H15NO4S. The first-order valence-electron chi connectivity index (χ1n) is 5.20. The van der Waals surface area contributed by atoms with E-state index in [9.17, 15) is 13.2 Å². The Labute approximate surface area is 95.3 Å². The average molecular weight is 245 g/mol. The molecule has 90 valence electrons. The minimum absolute atomic E-state index is 0.0355. The first-order chi connectivity index (χ1) is 7.41. The number of nitrogens with zero attached hydrogens (tertiary/aromatic N) is 1. The summed E-state index contributed by atoms with van der Waals surface area (Å²) in [7, 11) is -3.14. The summed E-state index contributed by atoms with van der Waals surface area (Å²) < 4.78 is 27.5. The average Bonchev–Trinajstić information content (AvgIpc) is 2.92. The molecule has 0 heterocycles. The predicted molar refractivity (Wildman–Crippen MR) is 57.1 cm³/mol. The summed E-state index contributed by atoms with van der Waals surface area (Å²) in [4.78, 5) is 11.5. The molecule has 0 N–H and O–H groups in total. The van der Waals surface area contributed by atoms with Crippen LogP contribution in [0.3, 0.4) is 0 Å². The van der Waals surface area contributed by atoms with Crippen LogP contribution >= 0.6 is 0 Å². The van der Waals surface area contributed by atoms with Gasteiger partial charge in [0.1, 0.15) is 9.84 Å². The number of carbonyl (C=O) groups is 1. The van der Waals surface area contributed by atoms with Crippen molar-refractivity contribution in [2.24, 2.45) is 11.3 Å². The summed E-state index contributed by atoms with van der Waals surface area (Å²) in [6.45, 7) is 3.41. The van der Waals surface area contributed by atoms with E-state index in [1.165, 1.54) is 0 Å². The lowest BCUT2D eigenvalue weighted by molar-refractivity contribution is -0.147. The van der Waals surface area contributed by atoms with Crippen LogP contribution in [0.25, 0.3) is 0 Å². The van der Waals surface area contributed by atoms with E-state index < -0.39 is 27.1 Å². The second kappa shape index (κ2) is 4.42. The van der Waals surface area contributed by atoms with Crippen molar-refractivity contribution in [1.82, 2.24) is 0 Å². The van der Waals surface area contributed by atoms with Crippen LogP contribution < -0.4 is 0 Å². The van der Waals surface area contributed by atoms with Gasteiger partial charge in [0.25, 0.3) is 0 Å². The van der Waals surface area contributed by atoms with Gasteiger partial charge in [-0.2, -0.15) is 5.26 Å². The first kappa shape index (κ1) is 13.0. The molecule has 1 fully saturated rings. The minimum Gasteiger partial charge on any atom is -0.465 e. The van der Waals surface area contributed by atoms with E-state index in [0.29, 0.717) is 6.42 Å². The molecule has 0 aromatic carbocycles. The van der Waals surface area contributed by atoms with Crippen LogP contribution in [0.2, 0.25) is 0 Å². The molecule has 2 atom stereocenters. The van der Waals surface area contributed by atoms with E-state index in [1.807, 2.05) is 6.07 Å². The molecule has 1 aliphatic carbocycles. The SMILES string of the molecule is CCOC(=O)[C@@]1(C#N)C[C@H]1CS(=O)(=O)CC. The van der Waals surface area contributed by atoms with Crippen LogP contribution in [0.5, 0.6) is 0 Å². The number of esters is 1. The van der Waals surface area contributed by atoms with E-state index in [1.54, 1.807) is 13.8 Å². The van der Waals surface area contributed by atoms with Gasteiger partial charge in [0.05, 0.1) is 18.4 Å². The lowest BCUT2D eigenvalue weighted by Gasteiger charge is -2.07. The maximum atomic E-state index is 11.5. The fourth-order valence-corrected chi connectivity index (χ4v) is 2.90. The zero-order valence-corrected chi connectivity index (χ0v) is 10.2. The largest absolute Gasteiger partial charge is 0.465 e. The lowest BCUT2D eigenvalue weighted by Crippen LogP contribution is -2.23. The van der Waals surface area contributed by atoms with Crippen LogP contribution in [0.4, 0.5) is 0 Å². The van der Waals surface area contributed by atoms with Crippen molar-refractivity contribution in [1.29, 1.82) is 5.26 Å². The summed E-state index contributed by atoms with van der Waals surface area (Å²) >= 11 is 0. The van der Waals surface area contributed by atoms with Crippen LogP contribution in [-0.4, -0.2) is 32.5 Å². The summed E-state index contributed by atoms with van der Waals surface area (Å²) in [5.41, 5.74) is -1.21. The number of hydrogen-bond donors (Lipinski definition) is 0. The third-order valence-corrected chi connectivity index (χ3v) is 4.63. The van der Waals surface area contributed by atoms with Gasteiger partial charge in [-0.05, 0) is 13.3 Å². The monoisotopic (exact) mass is 245 g/mol. The molecule has 0 aliphatic heterocycles. The van der Waals surface area contributed by atoms with Crippen molar-refractivity contribution >= 4 is 15.8 Å². The molecule has 1 rings (SSSR count). The van der Waals surface area contributed by atoms with Crippen molar-refractivity contribution in [2.75, 3.05) is 18.1 Å². The van der Waals surface area contributed by atoms with E-state index in [2.05, 4.69) is 0 Å². The van der Waals surface area contributed by atoms with E-state index >= 15 is 0 Å². The Morgan fingerprint density at radius 3 is 2.62 bits per heavy atom. The quantitative estimate of drug-likeness (QED) is 0.659. The topological polar surface area (TPSA) is 84.2 Å². The molecule has 0 radical (unpaired) electrons. The van der Waals surface area contributed by atoms with Gasteiger partial charge >= 0.3 is 5.97 Å². The van der Waals surface area contributed by atoms with E-state index in [0.717, 1.165) is 0 Å².